The van der Waals surface area contributed by atoms with Crippen LogP contribution in [0.5, 0.6) is 0 Å². The molecule has 0 radical (unpaired) electrons. The number of nitrogens with one attached hydrogen (secondary N) is 1. The molecule has 0 amide bonds. The summed E-state index contributed by atoms with van der Waals surface area (Å²) in [5, 5.41) is 21.4. The average molecular weight is 455 g/mol. The topological polar surface area (TPSA) is 64.4 Å². The quantitative estimate of drug-likeness (QED) is 0.423. The highest BCUT2D eigenvalue weighted by atomic mass is 35.5. The summed E-state index contributed by atoms with van der Waals surface area (Å²) in [5.41, 5.74) is 4.15. The minimum Gasteiger partial charge on any atom is -0.507 e. The normalized spacial score (nSPS) is 20.0. The Labute approximate surface area is 198 Å². The number of carbonyl (C=O) groups excluding carboxylic acids is 1. The summed E-state index contributed by atoms with van der Waals surface area (Å²) in [6.45, 7) is 0. The number of benzene rings is 3. The van der Waals surface area contributed by atoms with Crippen molar-refractivity contribution in [3.8, 4) is 0 Å². The number of hydrogen-bond donors (Lipinski definition) is 2. The molecule has 0 saturated carbocycles. The number of amidine groups is 1. The lowest BCUT2D eigenvalue weighted by Gasteiger charge is -2.41. The predicted octanol–water partition coefficient (Wildman–Crippen LogP) is 6.90. The predicted molar refractivity (Wildman–Crippen MR) is 133 cm³/mol. The molecule has 0 spiro atoms. The van der Waals surface area contributed by atoms with Crippen molar-refractivity contribution >= 4 is 34.7 Å². The zero-order valence-corrected chi connectivity index (χ0v) is 18.7. The van der Waals surface area contributed by atoms with Gasteiger partial charge in [-0.15, -0.1) is 0 Å². The number of hydrogen-bond acceptors (Lipinski definition) is 3. The Morgan fingerprint density at radius 2 is 1.55 bits per heavy atom. The lowest BCUT2D eigenvalue weighted by Crippen LogP contribution is -2.42. The van der Waals surface area contributed by atoms with Crippen LogP contribution in [0.25, 0.3) is 5.76 Å². The second-order valence-electron chi connectivity index (χ2n) is 8.27. The zero-order valence-electron chi connectivity index (χ0n) is 18.0. The van der Waals surface area contributed by atoms with Gasteiger partial charge in [-0.3, -0.25) is 15.1 Å². The molecule has 164 valence electrons. The molecule has 3 aromatic carbocycles. The first-order valence-electron chi connectivity index (χ1n) is 11.0. The number of aliphatic hydroxyl groups is 1. The van der Waals surface area contributed by atoms with Crippen molar-refractivity contribution in [3.05, 3.63) is 118 Å². The number of para-hydroxylation sites is 1. The molecule has 1 atom stereocenters. The van der Waals surface area contributed by atoms with Gasteiger partial charge in [-0.2, -0.15) is 0 Å². The molecular weight excluding hydrogens is 432 g/mol. The van der Waals surface area contributed by atoms with Gasteiger partial charge in [-0.25, -0.2) is 0 Å². The molecule has 0 unspecified atom stereocenters. The van der Waals surface area contributed by atoms with E-state index in [4.69, 9.17) is 11.6 Å². The van der Waals surface area contributed by atoms with Crippen molar-refractivity contribution in [1.82, 2.24) is 0 Å². The second kappa shape index (κ2) is 8.72. The van der Waals surface area contributed by atoms with Crippen LogP contribution in [-0.2, 0) is 4.79 Å². The summed E-state index contributed by atoms with van der Waals surface area (Å²) in [6.07, 6.45) is 1.89. The third kappa shape index (κ3) is 3.77. The molecule has 0 fully saturated rings. The highest BCUT2D eigenvalue weighted by Crippen LogP contribution is 2.47. The number of nitrogens with zero attached hydrogens (tertiary/aromatic N) is 1. The lowest BCUT2D eigenvalue weighted by molar-refractivity contribution is -0.116. The number of anilines is 1. The summed E-state index contributed by atoms with van der Waals surface area (Å²) in [5.74, 6) is -0.303. The molecule has 0 aromatic heterocycles. The average Bonchev–Trinajstić information content (AvgIpc) is 2.85. The Morgan fingerprint density at radius 1 is 0.909 bits per heavy atom. The standard InChI is InChI=1S/C28H23ClN2O2/c29-20-16-14-18(15-17-20)24-25-22(12-7-13-23(25)32)31(21-10-5-2-6-11-21)28(30)26(24)27(33)19-8-3-1-4-9-19/h1-6,8-11,14-17,24,30,33H,7,12-13H2/t24-/m0/s1. The summed E-state index contributed by atoms with van der Waals surface area (Å²) >= 11 is 6.15. The monoisotopic (exact) mass is 454 g/mol. The Kier molecular flexibility index (Phi) is 5.61. The maximum absolute atomic E-state index is 13.4. The van der Waals surface area contributed by atoms with Crippen LogP contribution in [0.3, 0.4) is 0 Å². The fourth-order valence-electron chi connectivity index (χ4n) is 4.79. The van der Waals surface area contributed by atoms with E-state index in [1.54, 1.807) is 12.1 Å². The zero-order chi connectivity index (χ0) is 22.9. The van der Waals surface area contributed by atoms with Gasteiger partial charge in [0.25, 0.3) is 0 Å². The molecule has 0 bridgehead atoms. The van der Waals surface area contributed by atoms with Crippen LogP contribution in [0, 0.1) is 5.41 Å². The molecule has 1 aliphatic carbocycles. The van der Waals surface area contributed by atoms with Gasteiger partial charge >= 0.3 is 0 Å². The van der Waals surface area contributed by atoms with Crippen LogP contribution in [0.4, 0.5) is 5.69 Å². The first kappa shape index (κ1) is 21.2. The van der Waals surface area contributed by atoms with E-state index in [1.807, 2.05) is 77.7 Å². The van der Waals surface area contributed by atoms with Crippen molar-refractivity contribution < 1.29 is 9.90 Å². The van der Waals surface area contributed by atoms with Crippen molar-refractivity contribution in [1.29, 1.82) is 5.41 Å². The van der Waals surface area contributed by atoms with Gasteiger partial charge in [0.2, 0.25) is 0 Å². The van der Waals surface area contributed by atoms with Crippen LogP contribution < -0.4 is 4.90 Å². The van der Waals surface area contributed by atoms with Crippen molar-refractivity contribution in [2.45, 2.75) is 25.2 Å². The molecule has 2 aliphatic rings. The molecule has 33 heavy (non-hydrogen) atoms. The van der Waals surface area contributed by atoms with Gasteiger partial charge in [0.15, 0.2) is 5.78 Å². The van der Waals surface area contributed by atoms with Crippen LogP contribution in [0.2, 0.25) is 5.02 Å². The van der Waals surface area contributed by atoms with Gasteiger partial charge in [-0.05, 0) is 42.7 Å². The van der Waals surface area contributed by atoms with Crippen LogP contribution in [0.1, 0.15) is 36.3 Å². The number of Topliss-reactive ketones (excluding diaryl/α,β-unsaturated/α-hetero) is 1. The number of aliphatic hydroxyl groups excluding tert-OH is 1. The van der Waals surface area contributed by atoms with Crippen molar-refractivity contribution in [3.63, 3.8) is 0 Å². The number of rotatable bonds is 3. The molecule has 0 saturated heterocycles. The Morgan fingerprint density at radius 3 is 2.21 bits per heavy atom. The van der Waals surface area contributed by atoms with Gasteiger partial charge in [0.05, 0.1) is 0 Å². The van der Waals surface area contributed by atoms with Crippen molar-refractivity contribution in [2.24, 2.45) is 0 Å². The van der Waals surface area contributed by atoms with E-state index in [2.05, 4.69) is 0 Å². The number of ketones is 1. The largest absolute Gasteiger partial charge is 0.507 e. The Bertz CT molecular complexity index is 1280. The third-order valence-corrected chi connectivity index (χ3v) is 6.53. The van der Waals surface area contributed by atoms with Crippen LogP contribution >= 0.6 is 11.6 Å². The van der Waals surface area contributed by atoms with Gasteiger partial charge < -0.3 is 5.11 Å². The van der Waals surface area contributed by atoms with Gasteiger partial charge in [0, 0.05) is 45.5 Å². The first-order chi connectivity index (χ1) is 16.1. The van der Waals surface area contributed by atoms with Crippen LogP contribution in [-0.4, -0.2) is 16.7 Å². The maximum atomic E-state index is 13.4. The fraction of sp³-hybridized carbons (Fsp3) is 0.143. The van der Waals surface area contributed by atoms with E-state index in [9.17, 15) is 15.3 Å². The van der Waals surface area contributed by atoms with Crippen LogP contribution in [0.15, 0.2) is 102 Å². The Hall–Kier alpha value is -3.63. The molecule has 1 heterocycles. The second-order valence-corrected chi connectivity index (χ2v) is 8.71. The summed E-state index contributed by atoms with van der Waals surface area (Å²) in [4.78, 5) is 15.2. The highest BCUT2D eigenvalue weighted by Gasteiger charge is 2.43. The third-order valence-electron chi connectivity index (χ3n) is 6.27. The van der Waals surface area contributed by atoms with Crippen molar-refractivity contribution in [2.75, 3.05) is 4.90 Å². The molecule has 3 aromatic rings. The minimum absolute atomic E-state index is 0.00593. The first-order valence-corrected chi connectivity index (χ1v) is 11.4. The Balaban J connectivity index is 1.83. The number of halogens is 1. The smallest absolute Gasteiger partial charge is 0.161 e. The summed E-state index contributed by atoms with van der Waals surface area (Å²) in [7, 11) is 0. The summed E-state index contributed by atoms with van der Waals surface area (Å²) < 4.78 is 0. The van der Waals surface area contributed by atoms with Gasteiger partial charge in [-0.1, -0.05) is 72.3 Å². The van der Waals surface area contributed by atoms with Gasteiger partial charge in [0.1, 0.15) is 11.6 Å². The molecule has 2 N–H and O–H groups in total. The lowest BCUT2D eigenvalue weighted by atomic mass is 9.73. The van der Waals surface area contributed by atoms with E-state index >= 15 is 0 Å². The molecule has 4 nitrogen and oxygen atoms in total. The van der Waals surface area contributed by atoms with E-state index in [1.165, 1.54) is 0 Å². The SMILES string of the molecule is N=C1C(=C(O)c2ccccc2)[C@@H](c2ccc(Cl)cc2)C2=C(CCCC2=O)N1c1ccccc1. The number of allylic oxidation sites excluding steroid dienone is 2. The summed E-state index contributed by atoms with van der Waals surface area (Å²) in [6, 6.07) is 26.1. The highest BCUT2D eigenvalue weighted by molar-refractivity contribution is 6.30. The molecule has 5 heteroatoms. The maximum Gasteiger partial charge on any atom is 0.161 e. The van der Waals surface area contributed by atoms with E-state index < -0.39 is 5.92 Å². The fourth-order valence-corrected chi connectivity index (χ4v) is 4.92. The minimum atomic E-state index is -0.544. The number of carbonyl (C=O) groups is 1. The van der Waals surface area contributed by atoms with E-state index in [-0.39, 0.29) is 17.4 Å². The van der Waals surface area contributed by atoms with E-state index in [0.29, 0.717) is 34.6 Å². The molecule has 1 aliphatic heterocycles. The molecular formula is C28H23ClN2O2. The molecule has 5 rings (SSSR count). The van der Waals surface area contributed by atoms with E-state index in [0.717, 1.165) is 23.4 Å².